The Balaban J connectivity index is 1.83. The fraction of sp³-hybridized carbons (Fsp3) is 0.500. The van der Waals surface area contributed by atoms with Gasteiger partial charge >= 0.3 is 5.97 Å². The van der Waals surface area contributed by atoms with Gasteiger partial charge in [0.25, 0.3) is 5.91 Å². The lowest BCUT2D eigenvalue weighted by molar-refractivity contribution is -0.143. The predicted octanol–water partition coefficient (Wildman–Crippen LogP) is 3.68. The molecule has 0 aliphatic heterocycles. The summed E-state index contributed by atoms with van der Waals surface area (Å²) in [6, 6.07) is 10.9. The second kappa shape index (κ2) is 7.41. The fourth-order valence-electron chi connectivity index (χ4n) is 3.57. The van der Waals surface area contributed by atoms with Crippen LogP contribution in [0.4, 0.5) is 0 Å². The van der Waals surface area contributed by atoms with Crippen molar-refractivity contribution in [1.82, 2.24) is 15.1 Å². The molecule has 28 heavy (non-hydrogen) atoms. The highest BCUT2D eigenvalue weighted by atomic mass is 16.4. The molecule has 1 amide bonds. The number of nitrogens with zero attached hydrogens (tertiary/aromatic N) is 2. The molecule has 2 N–H and O–H groups in total. The van der Waals surface area contributed by atoms with Gasteiger partial charge in [-0.05, 0) is 51.7 Å². The minimum Gasteiger partial charge on any atom is -0.481 e. The lowest BCUT2D eigenvalue weighted by Gasteiger charge is -2.29. The van der Waals surface area contributed by atoms with Crippen LogP contribution in [0.3, 0.4) is 0 Å². The molecule has 0 spiro atoms. The van der Waals surface area contributed by atoms with E-state index in [0.717, 1.165) is 18.5 Å². The van der Waals surface area contributed by atoms with Gasteiger partial charge in [-0.3, -0.25) is 14.3 Å². The number of carbonyl (C=O) groups is 2. The summed E-state index contributed by atoms with van der Waals surface area (Å²) in [5, 5.41) is 17.3. The van der Waals surface area contributed by atoms with Crippen LogP contribution in [0.25, 0.3) is 0 Å². The van der Waals surface area contributed by atoms with Gasteiger partial charge in [0.15, 0.2) is 0 Å². The van der Waals surface area contributed by atoms with Crippen LogP contribution in [-0.2, 0) is 15.7 Å². The third-order valence-electron chi connectivity index (χ3n) is 5.49. The number of aromatic nitrogens is 2. The van der Waals surface area contributed by atoms with Crippen LogP contribution in [0, 0.1) is 0 Å². The van der Waals surface area contributed by atoms with Crippen molar-refractivity contribution in [3.8, 4) is 0 Å². The molecule has 0 radical (unpaired) electrons. The zero-order valence-electron chi connectivity index (χ0n) is 17.0. The third kappa shape index (κ3) is 3.81. The first-order valence-electron chi connectivity index (χ1n) is 9.86. The molecule has 1 aliphatic rings. The van der Waals surface area contributed by atoms with Crippen molar-refractivity contribution in [3.05, 3.63) is 53.3 Å². The van der Waals surface area contributed by atoms with Crippen LogP contribution in [-0.4, -0.2) is 33.3 Å². The smallest absolute Gasteiger partial charge is 0.315 e. The normalized spacial score (nSPS) is 16.4. The zero-order valence-corrected chi connectivity index (χ0v) is 17.0. The molecule has 1 aromatic carbocycles. The monoisotopic (exact) mass is 383 g/mol. The van der Waals surface area contributed by atoms with E-state index in [-0.39, 0.29) is 18.0 Å². The van der Waals surface area contributed by atoms with Crippen molar-refractivity contribution >= 4 is 11.9 Å². The first kappa shape index (κ1) is 20.1. The molecule has 1 unspecified atom stereocenters. The number of carboxylic acids is 1. The SMILES string of the molecule is CCC(CNC(=O)c1cc(C2CC2)n(C(C)(C)C)n1)(C(=O)O)c1ccccc1. The van der Waals surface area contributed by atoms with Gasteiger partial charge in [-0.2, -0.15) is 5.10 Å². The van der Waals surface area contributed by atoms with E-state index in [1.165, 1.54) is 0 Å². The molecule has 2 aromatic rings. The molecule has 1 saturated carbocycles. The summed E-state index contributed by atoms with van der Waals surface area (Å²) >= 11 is 0. The second-order valence-electron chi connectivity index (χ2n) is 8.60. The Morgan fingerprint density at radius 2 is 1.86 bits per heavy atom. The van der Waals surface area contributed by atoms with Crippen LogP contribution in [0.2, 0.25) is 0 Å². The van der Waals surface area contributed by atoms with E-state index >= 15 is 0 Å². The van der Waals surface area contributed by atoms with Gasteiger partial charge in [0.05, 0.1) is 5.54 Å². The maximum absolute atomic E-state index is 12.8. The molecule has 1 heterocycles. The van der Waals surface area contributed by atoms with E-state index in [1.54, 1.807) is 12.1 Å². The van der Waals surface area contributed by atoms with Gasteiger partial charge in [0, 0.05) is 18.2 Å². The topological polar surface area (TPSA) is 84.2 Å². The largest absolute Gasteiger partial charge is 0.481 e. The molecule has 6 heteroatoms. The molecule has 0 bridgehead atoms. The van der Waals surface area contributed by atoms with Crippen LogP contribution in [0.1, 0.15) is 74.6 Å². The quantitative estimate of drug-likeness (QED) is 0.764. The minimum atomic E-state index is -1.16. The average molecular weight is 383 g/mol. The van der Waals surface area contributed by atoms with Crippen LogP contribution < -0.4 is 5.32 Å². The number of hydrogen-bond donors (Lipinski definition) is 2. The lowest BCUT2D eigenvalue weighted by Crippen LogP contribution is -2.46. The van der Waals surface area contributed by atoms with Gasteiger partial charge in [0.2, 0.25) is 0 Å². The van der Waals surface area contributed by atoms with E-state index in [0.29, 0.717) is 23.6 Å². The summed E-state index contributed by atoms with van der Waals surface area (Å²) in [7, 11) is 0. The second-order valence-corrected chi connectivity index (χ2v) is 8.60. The fourth-order valence-corrected chi connectivity index (χ4v) is 3.57. The Labute approximate surface area is 166 Å². The van der Waals surface area contributed by atoms with Gasteiger partial charge in [0.1, 0.15) is 11.1 Å². The van der Waals surface area contributed by atoms with Crippen molar-refractivity contribution in [2.45, 2.75) is 63.8 Å². The summed E-state index contributed by atoms with van der Waals surface area (Å²) in [5.41, 5.74) is 0.738. The Morgan fingerprint density at radius 3 is 2.36 bits per heavy atom. The highest BCUT2D eigenvalue weighted by molar-refractivity contribution is 5.93. The first-order valence-corrected chi connectivity index (χ1v) is 9.86. The molecule has 1 fully saturated rings. The van der Waals surface area contributed by atoms with Crippen LogP contribution in [0.15, 0.2) is 36.4 Å². The Bertz CT molecular complexity index is 863. The van der Waals surface area contributed by atoms with Gasteiger partial charge in [-0.25, -0.2) is 0 Å². The van der Waals surface area contributed by atoms with Crippen molar-refractivity contribution in [2.24, 2.45) is 0 Å². The highest BCUT2D eigenvalue weighted by Gasteiger charge is 2.39. The van der Waals surface area contributed by atoms with E-state index in [2.05, 4.69) is 31.2 Å². The number of nitrogens with one attached hydrogen (secondary N) is 1. The minimum absolute atomic E-state index is 0.0167. The number of benzene rings is 1. The summed E-state index contributed by atoms with van der Waals surface area (Å²) in [6.07, 6.45) is 2.61. The molecule has 1 aliphatic carbocycles. The maximum atomic E-state index is 12.8. The van der Waals surface area contributed by atoms with Crippen molar-refractivity contribution in [2.75, 3.05) is 6.54 Å². The molecule has 0 saturated heterocycles. The zero-order chi connectivity index (χ0) is 20.5. The first-order chi connectivity index (χ1) is 13.2. The number of amides is 1. The maximum Gasteiger partial charge on any atom is 0.315 e. The van der Waals surface area contributed by atoms with Crippen LogP contribution in [0.5, 0.6) is 0 Å². The Hall–Kier alpha value is -2.63. The Kier molecular flexibility index (Phi) is 5.33. The number of aliphatic carboxylic acids is 1. The third-order valence-corrected chi connectivity index (χ3v) is 5.49. The average Bonchev–Trinajstić information content (AvgIpc) is 3.39. The van der Waals surface area contributed by atoms with Gasteiger partial charge in [-0.15, -0.1) is 0 Å². The molecular formula is C22H29N3O3. The van der Waals surface area contributed by atoms with Crippen molar-refractivity contribution < 1.29 is 14.7 Å². The standard InChI is InChI=1S/C22H29N3O3/c1-5-22(20(27)28,16-9-7-6-8-10-16)14-23-19(26)17-13-18(15-11-12-15)25(24-17)21(2,3)4/h6-10,13,15H,5,11-12,14H2,1-4H3,(H,23,26)(H,27,28). The van der Waals surface area contributed by atoms with Crippen molar-refractivity contribution in [3.63, 3.8) is 0 Å². The predicted molar refractivity (Wildman–Crippen MR) is 108 cm³/mol. The molecule has 6 nitrogen and oxygen atoms in total. The van der Waals surface area contributed by atoms with E-state index in [4.69, 9.17) is 0 Å². The summed E-state index contributed by atoms with van der Waals surface area (Å²) in [4.78, 5) is 24.9. The van der Waals surface area contributed by atoms with Crippen molar-refractivity contribution in [1.29, 1.82) is 0 Å². The number of carboxylic acid groups (broad SMARTS) is 1. The molecule has 150 valence electrons. The van der Waals surface area contributed by atoms with E-state index in [9.17, 15) is 14.7 Å². The highest BCUT2D eigenvalue weighted by Crippen LogP contribution is 2.41. The summed E-state index contributed by atoms with van der Waals surface area (Å²) in [5.74, 6) is -0.813. The lowest BCUT2D eigenvalue weighted by atomic mass is 9.78. The molecule has 1 aromatic heterocycles. The summed E-state index contributed by atoms with van der Waals surface area (Å²) < 4.78 is 1.93. The number of carbonyl (C=O) groups excluding carboxylic acids is 1. The molecule has 3 rings (SSSR count). The van der Waals surface area contributed by atoms with E-state index in [1.807, 2.05) is 35.9 Å². The van der Waals surface area contributed by atoms with Crippen LogP contribution >= 0.6 is 0 Å². The number of rotatable bonds is 7. The summed E-state index contributed by atoms with van der Waals surface area (Å²) in [6.45, 7) is 8.04. The molecular weight excluding hydrogens is 354 g/mol. The van der Waals surface area contributed by atoms with Gasteiger partial charge < -0.3 is 10.4 Å². The van der Waals surface area contributed by atoms with Gasteiger partial charge in [-0.1, -0.05) is 37.3 Å². The molecule has 1 atom stereocenters. The number of hydrogen-bond acceptors (Lipinski definition) is 3. The van der Waals surface area contributed by atoms with E-state index < -0.39 is 11.4 Å². The Morgan fingerprint density at radius 1 is 1.21 bits per heavy atom.